The molecule has 0 aliphatic carbocycles. The molecule has 37 heavy (non-hydrogen) atoms. The van der Waals surface area contributed by atoms with E-state index in [2.05, 4.69) is 19.9 Å². The zero-order valence-corrected chi connectivity index (χ0v) is 21.4. The number of halogens is 2. The maximum atomic E-state index is 16.0. The fourth-order valence-corrected chi connectivity index (χ4v) is 4.56. The molecular weight excluding hydrogens is 482 g/mol. The number of aryl methyl sites for hydroxylation is 2. The third-order valence-corrected chi connectivity index (χ3v) is 6.41. The van der Waals surface area contributed by atoms with E-state index in [-0.39, 0.29) is 48.4 Å². The van der Waals surface area contributed by atoms with Crippen molar-refractivity contribution in [2.75, 3.05) is 13.1 Å². The number of nitrogens with one attached hydrogen (secondary N) is 1. The third-order valence-electron chi connectivity index (χ3n) is 6.41. The zero-order chi connectivity index (χ0) is 26.7. The number of hydrogen-bond acceptors (Lipinski definition) is 6. The summed E-state index contributed by atoms with van der Waals surface area (Å²) in [6, 6.07) is 3.01. The number of carbonyl (C=O) groups is 1. The number of likely N-dealkylation sites (tertiary alicyclic amines) is 1. The molecule has 5 rings (SSSR count). The lowest BCUT2D eigenvalue weighted by Crippen LogP contribution is -2.46. The Kier molecular flexibility index (Phi) is 5.76. The van der Waals surface area contributed by atoms with Crippen molar-refractivity contribution < 1.29 is 18.3 Å². The Morgan fingerprint density at radius 2 is 1.78 bits per heavy atom. The molecule has 1 amide bonds. The second-order valence-electron chi connectivity index (χ2n) is 10.6. The number of hydrogen-bond donors (Lipinski definition) is 1. The number of aromatic nitrogens is 5. The van der Waals surface area contributed by atoms with Gasteiger partial charge in [-0.25, -0.2) is 28.5 Å². The summed E-state index contributed by atoms with van der Waals surface area (Å²) in [7, 11) is 0. The second kappa shape index (κ2) is 8.60. The number of fused-ring (bicyclic) bond motifs is 2. The lowest BCUT2D eigenvalue weighted by molar-refractivity contribution is 0.000198. The smallest absolute Gasteiger partial charge is 0.410 e. The van der Waals surface area contributed by atoms with Crippen molar-refractivity contribution >= 4 is 22.8 Å². The van der Waals surface area contributed by atoms with Crippen LogP contribution in [0, 0.1) is 19.7 Å². The highest BCUT2D eigenvalue weighted by Gasteiger charge is 2.41. The SMILES string of the molecule is Cc1cn2cc(-c3cc(C)c4nc(C5(F)CCN(C(=O)OC(C)(C)C)CC5)[nH]c(=O)c4n3)cc(F)c2n1. The molecule has 1 fully saturated rings. The fourth-order valence-electron chi connectivity index (χ4n) is 4.56. The highest BCUT2D eigenvalue weighted by molar-refractivity contribution is 5.81. The highest BCUT2D eigenvalue weighted by Crippen LogP contribution is 2.36. The minimum Gasteiger partial charge on any atom is -0.444 e. The van der Waals surface area contributed by atoms with Gasteiger partial charge < -0.3 is 19.0 Å². The predicted octanol–water partition coefficient (Wildman–Crippen LogP) is 4.58. The normalized spacial score (nSPS) is 15.9. The highest BCUT2D eigenvalue weighted by atomic mass is 19.1. The summed E-state index contributed by atoms with van der Waals surface area (Å²) in [5, 5.41) is 0. The third kappa shape index (κ3) is 4.65. The summed E-state index contributed by atoms with van der Waals surface area (Å²) in [5.41, 5.74) is -0.510. The van der Waals surface area contributed by atoms with Gasteiger partial charge in [0.1, 0.15) is 11.4 Å². The Balaban J connectivity index is 1.46. The molecule has 0 spiro atoms. The Hall–Kier alpha value is -3.89. The molecule has 1 N–H and O–H groups in total. The van der Waals surface area contributed by atoms with E-state index in [9.17, 15) is 14.0 Å². The molecule has 0 unspecified atom stereocenters. The number of H-pyrrole nitrogens is 1. The first kappa shape index (κ1) is 24.8. The van der Waals surface area contributed by atoms with E-state index < -0.39 is 28.7 Å². The summed E-state index contributed by atoms with van der Waals surface area (Å²) >= 11 is 0. The average molecular weight is 511 g/mol. The molecule has 0 saturated carbocycles. The first-order valence-electron chi connectivity index (χ1n) is 12.1. The van der Waals surface area contributed by atoms with Gasteiger partial charge in [0.25, 0.3) is 5.56 Å². The minimum absolute atomic E-state index is 0.0329. The lowest BCUT2D eigenvalue weighted by Gasteiger charge is -2.36. The van der Waals surface area contributed by atoms with E-state index in [1.54, 1.807) is 57.5 Å². The molecule has 194 valence electrons. The maximum absolute atomic E-state index is 16.0. The standard InChI is InChI=1S/C26H28F2N6O3/c1-14-10-18(16-11-17(27)21-29-15(2)12-34(21)13-16)30-20-19(14)31-23(32-22(20)35)26(28)6-8-33(9-7-26)24(36)37-25(3,4)5/h10-13H,6-9H2,1-5H3,(H,31,32,35). The fraction of sp³-hybridized carbons (Fsp3) is 0.423. The Labute approximate surface area is 211 Å². The zero-order valence-electron chi connectivity index (χ0n) is 21.4. The van der Waals surface area contributed by atoms with Crippen LogP contribution in [-0.4, -0.2) is 54.0 Å². The van der Waals surface area contributed by atoms with Gasteiger partial charge in [0.2, 0.25) is 0 Å². The molecule has 1 aliphatic rings. The summed E-state index contributed by atoms with van der Waals surface area (Å²) in [5.74, 6) is -0.600. The molecule has 4 aromatic heterocycles. The molecular formula is C26H28F2N6O3. The van der Waals surface area contributed by atoms with Crippen LogP contribution >= 0.6 is 0 Å². The van der Waals surface area contributed by atoms with Crippen LogP contribution in [0.15, 0.2) is 29.3 Å². The number of imidazole rings is 1. The van der Waals surface area contributed by atoms with Crippen molar-refractivity contribution in [2.45, 2.75) is 58.7 Å². The van der Waals surface area contributed by atoms with Gasteiger partial charge in [-0.3, -0.25) is 4.79 Å². The van der Waals surface area contributed by atoms with Gasteiger partial charge in [-0.05, 0) is 52.3 Å². The van der Waals surface area contributed by atoms with Crippen LogP contribution in [0.3, 0.4) is 0 Å². The van der Waals surface area contributed by atoms with Crippen molar-refractivity contribution in [1.82, 2.24) is 29.2 Å². The number of piperidine rings is 1. The van der Waals surface area contributed by atoms with Crippen LogP contribution in [0.5, 0.6) is 0 Å². The van der Waals surface area contributed by atoms with Gasteiger partial charge in [0, 0.05) is 43.9 Å². The van der Waals surface area contributed by atoms with Crippen LogP contribution in [0.25, 0.3) is 27.9 Å². The summed E-state index contributed by atoms with van der Waals surface area (Å²) in [4.78, 5) is 42.5. The van der Waals surface area contributed by atoms with Crippen molar-refractivity contribution in [3.8, 4) is 11.3 Å². The number of aromatic amines is 1. The Morgan fingerprint density at radius 1 is 1.08 bits per heavy atom. The van der Waals surface area contributed by atoms with Crippen LogP contribution < -0.4 is 5.56 Å². The molecule has 4 aromatic rings. The molecule has 0 atom stereocenters. The monoisotopic (exact) mass is 510 g/mol. The van der Waals surface area contributed by atoms with Crippen LogP contribution in [0.4, 0.5) is 13.6 Å². The average Bonchev–Trinajstić information content (AvgIpc) is 3.19. The van der Waals surface area contributed by atoms with Gasteiger partial charge in [-0.1, -0.05) is 0 Å². The van der Waals surface area contributed by atoms with Crippen molar-refractivity contribution in [3.63, 3.8) is 0 Å². The van der Waals surface area contributed by atoms with E-state index in [0.717, 1.165) is 0 Å². The number of ether oxygens (including phenoxy) is 1. The Morgan fingerprint density at radius 3 is 2.46 bits per heavy atom. The van der Waals surface area contributed by atoms with Gasteiger partial charge in [0.15, 0.2) is 22.6 Å². The molecule has 1 aliphatic heterocycles. The van der Waals surface area contributed by atoms with Gasteiger partial charge in [0.05, 0.1) is 16.9 Å². The lowest BCUT2D eigenvalue weighted by atomic mass is 9.92. The molecule has 0 bridgehead atoms. The molecule has 0 aromatic carbocycles. The Bertz CT molecular complexity index is 1600. The number of nitrogens with zero attached hydrogens (tertiary/aromatic N) is 5. The predicted molar refractivity (Wildman–Crippen MR) is 134 cm³/mol. The van der Waals surface area contributed by atoms with Gasteiger partial charge >= 0.3 is 6.09 Å². The quantitative estimate of drug-likeness (QED) is 0.423. The number of alkyl halides is 1. The van der Waals surface area contributed by atoms with E-state index in [1.807, 2.05) is 0 Å². The largest absolute Gasteiger partial charge is 0.444 e. The molecule has 1 saturated heterocycles. The number of rotatable bonds is 2. The second-order valence-corrected chi connectivity index (χ2v) is 10.6. The van der Waals surface area contributed by atoms with E-state index in [0.29, 0.717) is 22.5 Å². The van der Waals surface area contributed by atoms with Crippen LogP contribution in [-0.2, 0) is 10.4 Å². The summed E-state index contributed by atoms with van der Waals surface area (Å²) in [6.07, 6.45) is 2.83. The van der Waals surface area contributed by atoms with Gasteiger partial charge in [-0.2, -0.15) is 0 Å². The topological polar surface area (TPSA) is 105 Å². The number of carbonyl (C=O) groups excluding carboxylic acids is 1. The van der Waals surface area contributed by atoms with E-state index >= 15 is 4.39 Å². The van der Waals surface area contributed by atoms with Crippen LogP contribution in [0.1, 0.15) is 50.7 Å². The maximum Gasteiger partial charge on any atom is 0.410 e. The van der Waals surface area contributed by atoms with E-state index in [4.69, 9.17) is 4.74 Å². The number of pyridine rings is 2. The molecule has 5 heterocycles. The molecule has 11 heteroatoms. The molecule has 9 nitrogen and oxygen atoms in total. The minimum atomic E-state index is -1.91. The summed E-state index contributed by atoms with van der Waals surface area (Å²) < 4.78 is 37.6. The van der Waals surface area contributed by atoms with Crippen molar-refractivity contribution in [3.05, 3.63) is 57.8 Å². The summed E-state index contributed by atoms with van der Waals surface area (Å²) in [6.45, 7) is 9.09. The number of amides is 1. The van der Waals surface area contributed by atoms with E-state index in [1.165, 1.54) is 11.0 Å². The molecule has 0 radical (unpaired) electrons. The van der Waals surface area contributed by atoms with Gasteiger partial charge in [-0.15, -0.1) is 0 Å². The van der Waals surface area contributed by atoms with Crippen molar-refractivity contribution in [1.29, 1.82) is 0 Å². The van der Waals surface area contributed by atoms with Crippen LogP contribution in [0.2, 0.25) is 0 Å². The van der Waals surface area contributed by atoms with Crippen molar-refractivity contribution in [2.24, 2.45) is 0 Å². The first-order valence-corrected chi connectivity index (χ1v) is 12.1. The first-order chi connectivity index (χ1) is 17.3.